The number of hydrogen-bond donors (Lipinski definition) is 1. The summed E-state index contributed by atoms with van der Waals surface area (Å²) >= 11 is 0. The van der Waals surface area contributed by atoms with Gasteiger partial charge in [-0.25, -0.2) is 0 Å². The molecule has 2 rings (SSSR count). The monoisotopic (exact) mass is 244 g/mol. The van der Waals surface area contributed by atoms with E-state index in [0.29, 0.717) is 6.04 Å². The first-order valence-electron chi connectivity index (χ1n) is 7.07. The van der Waals surface area contributed by atoms with E-state index in [1.807, 2.05) is 0 Å². The van der Waals surface area contributed by atoms with Crippen molar-refractivity contribution in [3.63, 3.8) is 0 Å². The van der Waals surface area contributed by atoms with Crippen molar-refractivity contribution in [1.82, 2.24) is 5.32 Å². The average Bonchev–Trinajstić information content (AvgIpc) is 2.36. The second-order valence-electron chi connectivity index (χ2n) is 5.23. The quantitative estimate of drug-likeness (QED) is 0.798. The van der Waals surface area contributed by atoms with E-state index in [1.54, 1.807) is 0 Å². The zero-order chi connectivity index (χ0) is 13.0. The summed E-state index contributed by atoms with van der Waals surface area (Å²) in [6.45, 7) is 7.45. The number of benzene rings is 1. The van der Waals surface area contributed by atoms with Crippen molar-refractivity contribution in [2.24, 2.45) is 4.99 Å². The standard InChI is InChI=1S/C16H24N2/c1-4-16-15-9-8-12(2)11-14(15)7-5-6-10-17-13(3)18-16/h8-9,11,16H,4-7,10H2,1-3H3,(H,17,18). The van der Waals surface area contributed by atoms with Crippen molar-refractivity contribution in [3.8, 4) is 0 Å². The van der Waals surface area contributed by atoms with Gasteiger partial charge in [0, 0.05) is 6.54 Å². The predicted octanol–water partition coefficient (Wildman–Crippen LogP) is 3.79. The SMILES string of the molecule is CCC1NC(C)=NCCCCc2cc(C)ccc21. The Balaban J connectivity index is 2.36. The Bertz CT molecular complexity index is 435. The highest BCUT2D eigenvalue weighted by molar-refractivity contribution is 5.80. The molecule has 0 saturated heterocycles. The molecule has 0 aliphatic carbocycles. The van der Waals surface area contributed by atoms with Crippen LogP contribution in [-0.2, 0) is 6.42 Å². The van der Waals surface area contributed by atoms with Crippen molar-refractivity contribution < 1.29 is 0 Å². The van der Waals surface area contributed by atoms with Crippen LogP contribution in [0.1, 0.15) is 55.8 Å². The maximum atomic E-state index is 4.58. The molecule has 2 nitrogen and oxygen atoms in total. The minimum Gasteiger partial charge on any atom is -0.367 e. The van der Waals surface area contributed by atoms with Gasteiger partial charge in [0.15, 0.2) is 0 Å². The highest BCUT2D eigenvalue weighted by Gasteiger charge is 2.14. The van der Waals surface area contributed by atoms with E-state index in [-0.39, 0.29) is 0 Å². The van der Waals surface area contributed by atoms with E-state index in [1.165, 1.54) is 36.0 Å². The van der Waals surface area contributed by atoms with Gasteiger partial charge in [-0.1, -0.05) is 30.7 Å². The predicted molar refractivity (Wildman–Crippen MR) is 78.3 cm³/mol. The Labute approximate surface area is 111 Å². The maximum Gasteiger partial charge on any atom is 0.0936 e. The molecule has 0 saturated carbocycles. The number of fused-ring (bicyclic) bond motifs is 1. The highest BCUT2D eigenvalue weighted by atomic mass is 15.0. The summed E-state index contributed by atoms with van der Waals surface area (Å²) in [5, 5.41) is 3.56. The molecule has 1 aromatic rings. The van der Waals surface area contributed by atoms with E-state index >= 15 is 0 Å². The Hall–Kier alpha value is -1.31. The first-order valence-corrected chi connectivity index (χ1v) is 7.07. The van der Waals surface area contributed by atoms with Gasteiger partial charge in [-0.15, -0.1) is 0 Å². The number of amidine groups is 1. The Kier molecular flexibility index (Phi) is 4.40. The number of nitrogens with one attached hydrogen (secondary N) is 1. The number of aryl methyl sites for hydroxylation is 2. The van der Waals surface area contributed by atoms with Gasteiger partial charge in [0.1, 0.15) is 0 Å². The second kappa shape index (κ2) is 6.03. The van der Waals surface area contributed by atoms with Gasteiger partial charge in [-0.05, 0) is 50.7 Å². The molecule has 18 heavy (non-hydrogen) atoms. The molecule has 1 aliphatic rings. The van der Waals surface area contributed by atoms with Crippen LogP contribution in [0.3, 0.4) is 0 Å². The van der Waals surface area contributed by atoms with Crippen molar-refractivity contribution in [2.45, 2.75) is 52.5 Å². The first-order chi connectivity index (χ1) is 8.70. The van der Waals surface area contributed by atoms with Crippen LogP contribution in [0.2, 0.25) is 0 Å². The molecule has 2 heteroatoms. The van der Waals surface area contributed by atoms with Crippen LogP contribution >= 0.6 is 0 Å². The number of rotatable bonds is 1. The summed E-state index contributed by atoms with van der Waals surface area (Å²) in [4.78, 5) is 4.58. The van der Waals surface area contributed by atoms with E-state index in [9.17, 15) is 0 Å². The van der Waals surface area contributed by atoms with E-state index in [0.717, 1.165) is 18.8 Å². The molecule has 1 aromatic carbocycles. The normalized spacial score (nSPS) is 20.6. The van der Waals surface area contributed by atoms with Gasteiger partial charge >= 0.3 is 0 Å². The molecule has 0 bridgehead atoms. The van der Waals surface area contributed by atoms with Crippen LogP contribution < -0.4 is 5.32 Å². The lowest BCUT2D eigenvalue weighted by Crippen LogP contribution is -2.27. The summed E-state index contributed by atoms with van der Waals surface area (Å²) in [7, 11) is 0. The third-order valence-electron chi connectivity index (χ3n) is 3.67. The third-order valence-corrected chi connectivity index (χ3v) is 3.67. The highest BCUT2D eigenvalue weighted by Crippen LogP contribution is 2.24. The number of hydrogen-bond acceptors (Lipinski definition) is 2. The lowest BCUT2D eigenvalue weighted by atomic mass is 9.93. The summed E-state index contributed by atoms with van der Waals surface area (Å²) < 4.78 is 0. The zero-order valence-electron chi connectivity index (χ0n) is 11.8. The van der Waals surface area contributed by atoms with Gasteiger partial charge in [0.05, 0.1) is 11.9 Å². The zero-order valence-corrected chi connectivity index (χ0v) is 11.8. The summed E-state index contributed by atoms with van der Waals surface area (Å²) in [6.07, 6.45) is 4.71. The molecule has 0 spiro atoms. The Morgan fingerprint density at radius 2 is 2.11 bits per heavy atom. The van der Waals surface area contributed by atoms with Crippen molar-refractivity contribution >= 4 is 5.84 Å². The summed E-state index contributed by atoms with van der Waals surface area (Å²) in [5.41, 5.74) is 4.34. The minimum atomic E-state index is 0.405. The fraction of sp³-hybridized carbons (Fsp3) is 0.562. The number of aliphatic imine (C=N–C) groups is 1. The second-order valence-corrected chi connectivity index (χ2v) is 5.23. The van der Waals surface area contributed by atoms with E-state index < -0.39 is 0 Å². The molecule has 0 fully saturated rings. The molecule has 98 valence electrons. The largest absolute Gasteiger partial charge is 0.367 e. The van der Waals surface area contributed by atoms with Crippen LogP contribution in [0.4, 0.5) is 0 Å². The van der Waals surface area contributed by atoms with E-state index in [2.05, 4.69) is 49.3 Å². The van der Waals surface area contributed by atoms with Crippen molar-refractivity contribution in [1.29, 1.82) is 0 Å². The third kappa shape index (κ3) is 3.12. The smallest absolute Gasteiger partial charge is 0.0936 e. The van der Waals surface area contributed by atoms with Gasteiger partial charge in [-0.3, -0.25) is 4.99 Å². The van der Waals surface area contributed by atoms with Gasteiger partial charge in [-0.2, -0.15) is 0 Å². The molecule has 1 atom stereocenters. The molecule has 1 unspecified atom stereocenters. The van der Waals surface area contributed by atoms with Crippen LogP contribution in [0, 0.1) is 6.92 Å². The molecule has 1 N–H and O–H groups in total. The molecule has 1 aliphatic heterocycles. The summed E-state index contributed by atoms with van der Waals surface area (Å²) in [5.74, 6) is 1.08. The van der Waals surface area contributed by atoms with Gasteiger partial charge < -0.3 is 5.32 Å². The minimum absolute atomic E-state index is 0.405. The first kappa shape index (κ1) is 13.1. The maximum absolute atomic E-state index is 4.58. The van der Waals surface area contributed by atoms with Gasteiger partial charge in [0.25, 0.3) is 0 Å². The van der Waals surface area contributed by atoms with Crippen LogP contribution in [0.15, 0.2) is 23.2 Å². The van der Waals surface area contributed by atoms with Crippen LogP contribution in [0.5, 0.6) is 0 Å². The lowest BCUT2D eigenvalue weighted by molar-refractivity contribution is 0.603. The Morgan fingerprint density at radius 3 is 2.89 bits per heavy atom. The average molecular weight is 244 g/mol. The topological polar surface area (TPSA) is 24.4 Å². The fourth-order valence-corrected chi connectivity index (χ4v) is 2.66. The molecular formula is C16H24N2. The Morgan fingerprint density at radius 1 is 1.28 bits per heavy atom. The van der Waals surface area contributed by atoms with Crippen LogP contribution in [0.25, 0.3) is 0 Å². The lowest BCUT2D eigenvalue weighted by Gasteiger charge is -2.23. The molecule has 0 amide bonds. The van der Waals surface area contributed by atoms with Gasteiger partial charge in [0.2, 0.25) is 0 Å². The molecule has 0 radical (unpaired) electrons. The molecule has 0 aromatic heterocycles. The molecule has 1 heterocycles. The molecular weight excluding hydrogens is 220 g/mol. The number of nitrogens with zero attached hydrogens (tertiary/aromatic N) is 1. The van der Waals surface area contributed by atoms with Crippen molar-refractivity contribution in [3.05, 3.63) is 34.9 Å². The van der Waals surface area contributed by atoms with Crippen LogP contribution in [-0.4, -0.2) is 12.4 Å². The van der Waals surface area contributed by atoms with E-state index in [4.69, 9.17) is 0 Å². The van der Waals surface area contributed by atoms with Crippen molar-refractivity contribution in [2.75, 3.05) is 6.54 Å². The fourth-order valence-electron chi connectivity index (χ4n) is 2.66. The summed E-state index contributed by atoms with van der Waals surface area (Å²) in [6, 6.07) is 7.28.